The third kappa shape index (κ3) is 3.94. The smallest absolute Gasteiger partial charge is 0.171 e. The molecule has 0 spiro atoms. The molecule has 0 aromatic heterocycles. The van der Waals surface area contributed by atoms with Crippen LogP contribution >= 0.6 is 27.7 Å². The summed E-state index contributed by atoms with van der Waals surface area (Å²) in [5, 5.41) is 2.71. The molecule has 0 radical (unpaired) electrons. The molecule has 1 unspecified atom stereocenters. The summed E-state index contributed by atoms with van der Waals surface area (Å²) in [4.78, 5) is 2.03. The van der Waals surface area contributed by atoms with Crippen molar-refractivity contribution < 1.29 is 8.42 Å². The van der Waals surface area contributed by atoms with Gasteiger partial charge in [0.2, 0.25) is 0 Å². The highest BCUT2D eigenvalue weighted by molar-refractivity contribution is 9.10. The van der Waals surface area contributed by atoms with Crippen LogP contribution in [0.3, 0.4) is 0 Å². The predicted octanol–water partition coefficient (Wildman–Crippen LogP) is 2.48. The second kappa shape index (κ2) is 7.35. The zero-order valence-electron chi connectivity index (χ0n) is 12.3. The fourth-order valence-electron chi connectivity index (χ4n) is 2.41. The average Bonchev–Trinajstić information content (AvgIpc) is 2.49. The number of rotatable bonds is 5. The van der Waals surface area contributed by atoms with Crippen LogP contribution in [-0.4, -0.2) is 44.6 Å². The van der Waals surface area contributed by atoms with E-state index in [1.165, 1.54) is 5.56 Å². The fourth-order valence-corrected chi connectivity index (χ4v) is 5.91. The molecule has 0 bridgehead atoms. The van der Waals surface area contributed by atoms with Crippen molar-refractivity contribution in [3.05, 3.63) is 28.2 Å². The van der Waals surface area contributed by atoms with E-state index in [-0.39, 0.29) is 5.75 Å². The second-order valence-corrected chi connectivity index (χ2v) is 9.43. The normalized spacial score (nSPS) is 19.8. The number of hydrogen-bond acceptors (Lipinski definition) is 5. The van der Waals surface area contributed by atoms with Gasteiger partial charge in [0.15, 0.2) is 9.84 Å². The zero-order valence-corrected chi connectivity index (χ0v) is 15.5. The quantitative estimate of drug-likeness (QED) is 0.833. The molecule has 4 nitrogen and oxygen atoms in total. The standard InChI is InChI=1S/C14H21BrN2O2S2/c1-3-21(18,19)14-10-20-7-6-17(14)12-5-4-11(9-16-2)13(15)8-12/h4-5,8,14,16H,3,6-7,9-10H2,1-2H3. The van der Waals surface area contributed by atoms with Crippen molar-refractivity contribution >= 4 is 43.2 Å². The van der Waals surface area contributed by atoms with Crippen molar-refractivity contribution in [1.29, 1.82) is 0 Å². The molecular formula is C14H21BrN2O2S2. The largest absolute Gasteiger partial charge is 0.353 e. The van der Waals surface area contributed by atoms with E-state index in [1.54, 1.807) is 18.7 Å². The Balaban J connectivity index is 2.32. The van der Waals surface area contributed by atoms with Crippen LogP contribution in [-0.2, 0) is 16.4 Å². The summed E-state index contributed by atoms with van der Waals surface area (Å²) in [6.07, 6.45) is 0. The first kappa shape index (κ1) is 17.1. The molecule has 0 saturated carbocycles. The van der Waals surface area contributed by atoms with Gasteiger partial charge in [-0.2, -0.15) is 11.8 Å². The SMILES string of the molecule is CCS(=O)(=O)C1CSCCN1c1ccc(CNC)c(Br)c1. The zero-order chi connectivity index (χ0) is 15.5. The number of nitrogens with one attached hydrogen (secondary N) is 1. The number of sulfone groups is 1. The molecule has 1 saturated heterocycles. The topological polar surface area (TPSA) is 49.4 Å². The van der Waals surface area contributed by atoms with Gasteiger partial charge in [-0.15, -0.1) is 0 Å². The van der Waals surface area contributed by atoms with Gasteiger partial charge < -0.3 is 10.2 Å². The van der Waals surface area contributed by atoms with Gasteiger partial charge in [0, 0.05) is 40.5 Å². The monoisotopic (exact) mass is 392 g/mol. The maximum atomic E-state index is 12.3. The predicted molar refractivity (Wildman–Crippen MR) is 94.8 cm³/mol. The third-order valence-corrected chi connectivity index (χ3v) is 7.66. The van der Waals surface area contributed by atoms with Crippen molar-refractivity contribution in [1.82, 2.24) is 5.32 Å². The lowest BCUT2D eigenvalue weighted by Crippen LogP contribution is -2.48. The molecule has 0 aliphatic carbocycles. The highest BCUT2D eigenvalue weighted by Gasteiger charge is 2.33. The van der Waals surface area contributed by atoms with Gasteiger partial charge in [-0.3, -0.25) is 0 Å². The molecule has 1 atom stereocenters. The Labute approximate surface area is 139 Å². The minimum absolute atomic E-state index is 0.188. The summed E-state index contributed by atoms with van der Waals surface area (Å²) >= 11 is 5.30. The number of halogens is 1. The van der Waals surface area contributed by atoms with Gasteiger partial charge in [-0.05, 0) is 24.7 Å². The van der Waals surface area contributed by atoms with Crippen LogP contribution in [0.2, 0.25) is 0 Å². The first-order valence-electron chi connectivity index (χ1n) is 6.98. The number of hydrogen-bond donors (Lipinski definition) is 1. The van der Waals surface area contributed by atoms with E-state index in [1.807, 2.05) is 30.1 Å². The van der Waals surface area contributed by atoms with E-state index in [9.17, 15) is 8.42 Å². The van der Waals surface area contributed by atoms with Crippen LogP contribution in [0.1, 0.15) is 12.5 Å². The van der Waals surface area contributed by atoms with Crippen LogP contribution < -0.4 is 10.2 Å². The molecular weight excluding hydrogens is 372 g/mol. The minimum Gasteiger partial charge on any atom is -0.353 e. The van der Waals surface area contributed by atoms with Crippen molar-refractivity contribution in [2.45, 2.75) is 18.8 Å². The number of thioether (sulfide) groups is 1. The van der Waals surface area contributed by atoms with Crippen LogP contribution in [0.5, 0.6) is 0 Å². The molecule has 2 rings (SSSR count). The van der Waals surface area contributed by atoms with Gasteiger partial charge in [0.05, 0.1) is 0 Å². The average molecular weight is 393 g/mol. The van der Waals surface area contributed by atoms with E-state index in [0.29, 0.717) is 5.75 Å². The van der Waals surface area contributed by atoms with Crippen LogP contribution in [0.15, 0.2) is 22.7 Å². The lowest BCUT2D eigenvalue weighted by Gasteiger charge is -2.36. The molecule has 1 fully saturated rings. The maximum Gasteiger partial charge on any atom is 0.171 e. The Hall–Kier alpha value is -0.240. The molecule has 7 heteroatoms. The maximum absolute atomic E-state index is 12.3. The number of anilines is 1. The highest BCUT2D eigenvalue weighted by Crippen LogP contribution is 2.30. The molecule has 21 heavy (non-hydrogen) atoms. The molecule has 1 aromatic rings. The molecule has 1 aliphatic rings. The summed E-state index contributed by atoms with van der Waals surface area (Å²) in [5.74, 6) is 1.80. The van der Waals surface area contributed by atoms with Gasteiger partial charge in [0.1, 0.15) is 5.37 Å². The van der Waals surface area contributed by atoms with Gasteiger partial charge in [0.25, 0.3) is 0 Å². The van der Waals surface area contributed by atoms with Crippen LogP contribution in [0, 0.1) is 0 Å². The van der Waals surface area contributed by atoms with E-state index in [2.05, 4.69) is 21.2 Å². The van der Waals surface area contributed by atoms with E-state index < -0.39 is 15.2 Å². The molecule has 1 aromatic carbocycles. The second-order valence-electron chi connectivity index (χ2n) is 4.98. The lowest BCUT2D eigenvalue weighted by atomic mass is 10.2. The molecule has 118 valence electrons. The minimum atomic E-state index is -3.07. The Morgan fingerprint density at radius 1 is 1.48 bits per heavy atom. The summed E-state index contributed by atoms with van der Waals surface area (Å²) in [6, 6.07) is 6.10. The molecule has 0 amide bonds. The lowest BCUT2D eigenvalue weighted by molar-refractivity contribution is 0.579. The highest BCUT2D eigenvalue weighted by atomic mass is 79.9. The first-order chi connectivity index (χ1) is 9.99. The summed E-state index contributed by atoms with van der Waals surface area (Å²) in [6.45, 7) is 3.28. The van der Waals surface area contributed by atoms with Gasteiger partial charge >= 0.3 is 0 Å². The summed E-state index contributed by atoms with van der Waals surface area (Å²) in [5.41, 5.74) is 2.14. The van der Waals surface area contributed by atoms with Gasteiger partial charge in [-0.1, -0.05) is 28.9 Å². The van der Waals surface area contributed by atoms with E-state index >= 15 is 0 Å². The summed E-state index contributed by atoms with van der Waals surface area (Å²) in [7, 11) is -1.17. The number of benzene rings is 1. The van der Waals surface area contributed by atoms with Crippen LogP contribution in [0.4, 0.5) is 5.69 Å². The first-order valence-corrected chi connectivity index (χ1v) is 10.6. The van der Waals surface area contributed by atoms with E-state index in [0.717, 1.165) is 29.0 Å². The Morgan fingerprint density at radius 2 is 2.24 bits per heavy atom. The Kier molecular flexibility index (Phi) is 5.99. The van der Waals surface area contributed by atoms with Gasteiger partial charge in [-0.25, -0.2) is 8.42 Å². The van der Waals surface area contributed by atoms with Crippen molar-refractivity contribution in [3.8, 4) is 0 Å². The van der Waals surface area contributed by atoms with Crippen molar-refractivity contribution in [3.63, 3.8) is 0 Å². The van der Waals surface area contributed by atoms with E-state index in [4.69, 9.17) is 0 Å². The third-order valence-electron chi connectivity index (χ3n) is 3.64. The Bertz CT molecular complexity index is 593. The fraction of sp³-hybridized carbons (Fsp3) is 0.571. The number of nitrogens with zero attached hydrogens (tertiary/aromatic N) is 1. The molecule has 1 N–H and O–H groups in total. The Morgan fingerprint density at radius 3 is 2.86 bits per heavy atom. The van der Waals surface area contributed by atoms with Crippen LogP contribution in [0.25, 0.3) is 0 Å². The van der Waals surface area contributed by atoms with Crippen molar-refractivity contribution in [2.75, 3.05) is 35.8 Å². The molecule has 1 aliphatic heterocycles. The molecule has 1 heterocycles. The van der Waals surface area contributed by atoms with Crippen molar-refractivity contribution in [2.24, 2.45) is 0 Å². The summed E-state index contributed by atoms with van der Waals surface area (Å²) < 4.78 is 25.6.